The van der Waals surface area contributed by atoms with Crippen molar-refractivity contribution in [2.24, 2.45) is 41.4 Å². The number of allylic oxidation sites excluding steroid dienone is 6. The number of cyclic esters (lactones) is 1. The third kappa shape index (κ3) is 14.3. The fourth-order valence-corrected chi connectivity index (χ4v) is 10.4. The molecule has 3 heterocycles. The van der Waals surface area contributed by atoms with Crippen molar-refractivity contribution in [2.45, 2.75) is 181 Å². The number of piperidine rings is 1. The lowest BCUT2D eigenvalue weighted by Gasteiger charge is -2.42. The number of carbonyl (C=O) groups excluding carboxylic acids is 5. The van der Waals surface area contributed by atoms with E-state index in [1.807, 2.05) is 58.1 Å². The molecule has 13 heteroatoms. The van der Waals surface area contributed by atoms with Crippen LogP contribution in [0, 0.1) is 41.4 Å². The number of ketones is 3. The lowest BCUT2D eigenvalue weighted by molar-refractivity contribution is -0.265. The molecule has 15 atom stereocenters. The first-order valence-electron chi connectivity index (χ1n) is 24.2. The third-order valence-corrected chi connectivity index (χ3v) is 14.8. The molecule has 0 spiro atoms. The van der Waals surface area contributed by atoms with Crippen LogP contribution in [-0.2, 0) is 47.7 Å². The molecule has 1 amide bonds. The largest absolute Gasteiger partial charge is 0.460 e. The second kappa shape index (κ2) is 25.2. The number of hydrogen-bond donors (Lipinski definition) is 2. The molecular formula is C52H81NO12. The van der Waals surface area contributed by atoms with Gasteiger partial charge in [0.2, 0.25) is 5.79 Å². The van der Waals surface area contributed by atoms with Gasteiger partial charge in [0.25, 0.3) is 11.7 Å². The lowest BCUT2D eigenvalue weighted by Crippen LogP contribution is -2.61. The van der Waals surface area contributed by atoms with Crippen LogP contribution in [0.5, 0.6) is 0 Å². The molecule has 0 aromatic heterocycles. The fraction of sp³-hybridized carbons (Fsp3) is 0.750. The van der Waals surface area contributed by atoms with Crippen LogP contribution in [0.3, 0.4) is 0 Å². The number of carbonyl (C=O) groups is 5. The summed E-state index contributed by atoms with van der Waals surface area (Å²) in [6.45, 7) is 15.1. The standard InChI is InChI=1S/C52H81NO12/c1-31-17-13-12-14-18-32(2)44(62-10)29-40-23-21-38(8)52(60,65-40)49(57)50(58)53-24-16-15-19-41(53)51(59)64-45(35(5)27-39-22-20-33(3)43(28-39)61-9)30-42(54)34(4)26-37(7)47(56)48(63-11)46(55)36(6)25-31/h12-14,17-18,26,31,33-36,38-41,43-45,47-48,56,60H,15-16,19-25,27-30H2,1-11H3/b14-12+,17-13+,32-18+,37-26+/t31-,33-,34-,35-,36-,38-,39?,40+,41+,43-,44+,45?,47-,48+,52-/m1/s1. The summed E-state index contributed by atoms with van der Waals surface area (Å²) in [4.78, 5) is 71.9. The lowest BCUT2D eigenvalue weighted by atomic mass is 9.76. The van der Waals surface area contributed by atoms with E-state index in [4.69, 9.17) is 23.7 Å². The maximum absolute atomic E-state index is 14.4. The highest BCUT2D eigenvalue weighted by Crippen LogP contribution is 2.38. The first kappa shape index (κ1) is 54.3. The highest BCUT2D eigenvalue weighted by atomic mass is 16.6. The Morgan fingerprint density at radius 3 is 2.25 bits per heavy atom. The van der Waals surface area contributed by atoms with E-state index < -0.39 is 77.8 Å². The molecule has 366 valence electrons. The van der Waals surface area contributed by atoms with E-state index in [-0.39, 0.29) is 54.8 Å². The van der Waals surface area contributed by atoms with Gasteiger partial charge in [0.1, 0.15) is 30.1 Å². The van der Waals surface area contributed by atoms with Crippen molar-refractivity contribution < 1.29 is 57.9 Å². The molecule has 4 rings (SSSR count). The van der Waals surface area contributed by atoms with Gasteiger partial charge in [-0.1, -0.05) is 78.0 Å². The molecule has 2 saturated heterocycles. The van der Waals surface area contributed by atoms with Gasteiger partial charge < -0.3 is 38.8 Å². The molecule has 3 fully saturated rings. The Bertz CT molecular complexity index is 1750. The van der Waals surface area contributed by atoms with E-state index in [2.05, 4.69) is 6.92 Å². The van der Waals surface area contributed by atoms with Crippen molar-refractivity contribution in [1.29, 1.82) is 0 Å². The highest BCUT2D eigenvalue weighted by Gasteiger charge is 2.53. The molecule has 0 radical (unpaired) electrons. The Labute approximate surface area is 388 Å². The number of aliphatic hydroxyl groups is 2. The Morgan fingerprint density at radius 1 is 0.846 bits per heavy atom. The maximum Gasteiger partial charge on any atom is 0.329 e. The number of nitrogens with zero attached hydrogens (tertiary/aromatic N) is 1. The van der Waals surface area contributed by atoms with E-state index in [1.165, 1.54) is 12.0 Å². The minimum atomic E-state index is -2.41. The summed E-state index contributed by atoms with van der Waals surface area (Å²) < 4.78 is 29.7. The van der Waals surface area contributed by atoms with Crippen LogP contribution in [0.4, 0.5) is 0 Å². The number of esters is 1. The number of rotatable bonds is 6. The van der Waals surface area contributed by atoms with Gasteiger partial charge >= 0.3 is 5.97 Å². The monoisotopic (exact) mass is 912 g/mol. The summed E-state index contributed by atoms with van der Waals surface area (Å²) >= 11 is 0. The molecule has 65 heavy (non-hydrogen) atoms. The van der Waals surface area contributed by atoms with E-state index >= 15 is 0 Å². The molecule has 13 nitrogen and oxygen atoms in total. The summed E-state index contributed by atoms with van der Waals surface area (Å²) in [6, 6.07) is -1.11. The van der Waals surface area contributed by atoms with Gasteiger partial charge in [0.15, 0.2) is 5.78 Å². The van der Waals surface area contributed by atoms with Crippen molar-refractivity contribution in [3.05, 3.63) is 47.6 Å². The van der Waals surface area contributed by atoms with Gasteiger partial charge in [0, 0.05) is 58.5 Å². The van der Waals surface area contributed by atoms with Crippen LogP contribution in [0.25, 0.3) is 0 Å². The van der Waals surface area contributed by atoms with Crippen molar-refractivity contribution in [1.82, 2.24) is 4.90 Å². The number of amides is 1. The Kier molecular flexibility index (Phi) is 21.0. The zero-order valence-electron chi connectivity index (χ0n) is 41.2. The number of ether oxygens (including phenoxy) is 5. The number of fused-ring (bicyclic) bond motifs is 3. The van der Waals surface area contributed by atoms with Crippen LogP contribution >= 0.6 is 0 Å². The van der Waals surface area contributed by atoms with Gasteiger partial charge in [-0.3, -0.25) is 19.2 Å². The van der Waals surface area contributed by atoms with Gasteiger partial charge in [-0.2, -0.15) is 0 Å². The second-order valence-electron chi connectivity index (χ2n) is 20.0. The third-order valence-electron chi connectivity index (χ3n) is 14.8. The van der Waals surface area contributed by atoms with Gasteiger partial charge in [-0.05, 0) is 113 Å². The van der Waals surface area contributed by atoms with Gasteiger partial charge in [-0.25, -0.2) is 4.79 Å². The first-order valence-corrected chi connectivity index (χ1v) is 24.2. The zero-order valence-corrected chi connectivity index (χ0v) is 41.2. The minimum Gasteiger partial charge on any atom is -0.460 e. The molecule has 4 aliphatic rings. The predicted octanol–water partition coefficient (Wildman–Crippen LogP) is 7.46. The van der Waals surface area contributed by atoms with Gasteiger partial charge in [-0.15, -0.1) is 0 Å². The van der Waals surface area contributed by atoms with Crippen LogP contribution in [-0.4, -0.2) is 121 Å². The number of methoxy groups -OCH3 is 3. The molecule has 1 saturated carbocycles. The van der Waals surface area contributed by atoms with E-state index in [1.54, 1.807) is 41.1 Å². The molecule has 0 aromatic carbocycles. The van der Waals surface area contributed by atoms with Gasteiger partial charge in [0.05, 0.1) is 18.3 Å². The van der Waals surface area contributed by atoms with Crippen LogP contribution < -0.4 is 0 Å². The summed E-state index contributed by atoms with van der Waals surface area (Å²) in [5, 5.41) is 23.4. The zero-order chi connectivity index (χ0) is 48.2. The summed E-state index contributed by atoms with van der Waals surface area (Å²) in [5.41, 5.74) is 1.30. The van der Waals surface area contributed by atoms with Crippen molar-refractivity contribution in [3.8, 4) is 0 Å². The number of hydrogen-bond acceptors (Lipinski definition) is 12. The van der Waals surface area contributed by atoms with E-state index in [9.17, 15) is 34.2 Å². The average Bonchev–Trinajstić information content (AvgIpc) is 3.28. The van der Waals surface area contributed by atoms with Crippen LogP contribution in [0.2, 0.25) is 0 Å². The Hall–Kier alpha value is -3.33. The Balaban J connectivity index is 1.70. The first-order chi connectivity index (χ1) is 30.7. The predicted molar refractivity (Wildman–Crippen MR) is 248 cm³/mol. The fourth-order valence-electron chi connectivity index (χ4n) is 10.4. The highest BCUT2D eigenvalue weighted by molar-refractivity contribution is 6.39. The molecule has 1 aliphatic carbocycles. The molecule has 2 unspecified atom stereocenters. The molecular weight excluding hydrogens is 831 g/mol. The average molecular weight is 912 g/mol. The number of aliphatic hydroxyl groups excluding tert-OH is 1. The topological polar surface area (TPSA) is 175 Å². The van der Waals surface area contributed by atoms with E-state index in [0.717, 1.165) is 24.8 Å². The summed E-state index contributed by atoms with van der Waals surface area (Å²) in [6.07, 6.45) is 13.6. The normalized spacial score (nSPS) is 40.4. The quantitative estimate of drug-likeness (QED) is 0.153. The van der Waals surface area contributed by atoms with Crippen molar-refractivity contribution >= 4 is 29.2 Å². The Morgan fingerprint density at radius 2 is 1.57 bits per heavy atom. The maximum atomic E-state index is 14.4. The molecule has 2 N–H and O–H groups in total. The minimum absolute atomic E-state index is 0.0304. The molecule has 0 aromatic rings. The second-order valence-corrected chi connectivity index (χ2v) is 20.0. The van der Waals surface area contributed by atoms with Crippen molar-refractivity contribution in [2.75, 3.05) is 27.9 Å². The summed E-state index contributed by atoms with van der Waals surface area (Å²) in [7, 11) is 4.70. The molecule has 3 aliphatic heterocycles. The van der Waals surface area contributed by atoms with Crippen LogP contribution in [0.15, 0.2) is 47.6 Å². The van der Waals surface area contributed by atoms with E-state index in [0.29, 0.717) is 56.4 Å². The van der Waals surface area contributed by atoms with Crippen LogP contribution in [0.1, 0.15) is 132 Å². The smallest absolute Gasteiger partial charge is 0.329 e. The molecule has 2 bridgehead atoms. The van der Waals surface area contributed by atoms with Crippen molar-refractivity contribution in [3.63, 3.8) is 0 Å². The summed E-state index contributed by atoms with van der Waals surface area (Å²) in [5.74, 6) is -7.07. The SMILES string of the molecule is CO[C@H]1C[C@@H]2CC[C@@H](C)[C@@](O)(O2)C(=O)C(=O)N2CCCC[C@H]2C(=O)OC([C@H](C)CC2CC[C@@H](C)[C@H](OC)C2)CC(=O)[C@H](C)/C=C(\C)[C@@H](O)[C@@H](OC)C(=O)[C@H](C)C[C@H](C)/C=C/C=C/C=C/1C. The number of Topliss-reactive ketones (excluding diaryl/α,β-unsaturated/α-hetero) is 3.